The van der Waals surface area contributed by atoms with Gasteiger partial charge < -0.3 is 10.2 Å². The highest BCUT2D eigenvalue weighted by molar-refractivity contribution is 5.74. The first-order valence-corrected chi connectivity index (χ1v) is 7.17. The van der Waals surface area contributed by atoms with Crippen molar-refractivity contribution in [2.75, 3.05) is 13.1 Å². The number of benzene rings is 1. The maximum Gasteiger partial charge on any atom is 0.317 e. The Morgan fingerprint density at radius 3 is 2.90 bits per heavy atom. The monoisotopic (exact) mass is 282 g/mol. The van der Waals surface area contributed by atoms with Crippen molar-refractivity contribution in [3.05, 3.63) is 59.7 Å². The predicted octanol–water partition coefficient (Wildman–Crippen LogP) is 1.79. The Bertz CT molecular complexity index is 615. The van der Waals surface area contributed by atoms with E-state index in [2.05, 4.69) is 33.5 Å². The fourth-order valence-electron chi connectivity index (χ4n) is 2.54. The third-order valence-corrected chi connectivity index (χ3v) is 3.69. The average molecular weight is 282 g/mol. The van der Waals surface area contributed by atoms with E-state index < -0.39 is 0 Å². The molecule has 1 N–H and O–H groups in total. The van der Waals surface area contributed by atoms with Crippen molar-refractivity contribution in [2.45, 2.75) is 19.4 Å². The molecule has 21 heavy (non-hydrogen) atoms. The van der Waals surface area contributed by atoms with E-state index >= 15 is 0 Å². The summed E-state index contributed by atoms with van der Waals surface area (Å²) in [5.41, 5.74) is 3.48. The van der Waals surface area contributed by atoms with E-state index in [1.807, 2.05) is 11.0 Å². The van der Waals surface area contributed by atoms with Gasteiger partial charge in [0.25, 0.3) is 0 Å². The van der Waals surface area contributed by atoms with Crippen LogP contribution in [0.25, 0.3) is 0 Å². The summed E-state index contributed by atoms with van der Waals surface area (Å²) >= 11 is 0. The summed E-state index contributed by atoms with van der Waals surface area (Å²) in [5.74, 6) is 0. The fourth-order valence-corrected chi connectivity index (χ4v) is 2.54. The Morgan fingerprint density at radius 1 is 1.24 bits per heavy atom. The van der Waals surface area contributed by atoms with Gasteiger partial charge in [0.15, 0.2) is 0 Å². The molecule has 5 heteroatoms. The van der Waals surface area contributed by atoms with Crippen molar-refractivity contribution in [2.24, 2.45) is 0 Å². The largest absolute Gasteiger partial charge is 0.338 e. The zero-order valence-corrected chi connectivity index (χ0v) is 11.8. The molecule has 0 aliphatic carbocycles. The predicted molar refractivity (Wildman–Crippen MR) is 79.7 cm³/mol. The molecule has 1 aromatic carbocycles. The molecule has 0 spiro atoms. The van der Waals surface area contributed by atoms with Crippen molar-refractivity contribution >= 4 is 6.03 Å². The van der Waals surface area contributed by atoms with Crippen molar-refractivity contribution < 1.29 is 4.79 Å². The molecule has 0 saturated carbocycles. The number of fused-ring (bicyclic) bond motifs is 1. The highest BCUT2D eigenvalue weighted by Crippen LogP contribution is 2.18. The molecule has 1 aromatic heterocycles. The lowest BCUT2D eigenvalue weighted by atomic mass is 10.0. The standard InChI is InChI=1S/C16H18N4O/c21-16(19-7-5-15-11-17-8-9-18-15)20-10-6-13-3-1-2-4-14(13)12-20/h1-4,8-9,11H,5-7,10,12H2,(H,19,21). The summed E-state index contributed by atoms with van der Waals surface area (Å²) in [7, 11) is 0. The average Bonchev–Trinajstić information content (AvgIpc) is 2.55. The molecule has 1 aliphatic rings. The molecule has 2 aromatic rings. The van der Waals surface area contributed by atoms with Crippen molar-refractivity contribution in [3.63, 3.8) is 0 Å². The van der Waals surface area contributed by atoms with Gasteiger partial charge in [0.2, 0.25) is 0 Å². The van der Waals surface area contributed by atoms with Gasteiger partial charge in [-0.05, 0) is 17.5 Å². The molecule has 0 radical (unpaired) electrons. The Morgan fingerprint density at radius 2 is 2.10 bits per heavy atom. The van der Waals surface area contributed by atoms with Gasteiger partial charge in [-0.15, -0.1) is 0 Å². The van der Waals surface area contributed by atoms with E-state index in [0.29, 0.717) is 19.5 Å². The molecule has 2 heterocycles. The summed E-state index contributed by atoms with van der Waals surface area (Å²) in [6, 6.07) is 8.30. The third kappa shape index (κ3) is 3.37. The zero-order valence-electron chi connectivity index (χ0n) is 11.8. The minimum absolute atomic E-state index is 0.00612. The van der Waals surface area contributed by atoms with Crippen LogP contribution in [0.2, 0.25) is 0 Å². The second kappa shape index (κ2) is 6.35. The second-order valence-corrected chi connectivity index (χ2v) is 5.12. The van der Waals surface area contributed by atoms with Gasteiger partial charge in [-0.25, -0.2) is 4.79 Å². The van der Waals surface area contributed by atoms with Gasteiger partial charge in [-0.1, -0.05) is 24.3 Å². The second-order valence-electron chi connectivity index (χ2n) is 5.12. The Kier molecular flexibility index (Phi) is 4.09. The first-order valence-electron chi connectivity index (χ1n) is 7.17. The van der Waals surface area contributed by atoms with Gasteiger partial charge in [0.05, 0.1) is 5.69 Å². The van der Waals surface area contributed by atoms with Crippen molar-refractivity contribution in [1.29, 1.82) is 0 Å². The van der Waals surface area contributed by atoms with E-state index in [9.17, 15) is 4.79 Å². The molecule has 0 saturated heterocycles. The van der Waals surface area contributed by atoms with Crippen LogP contribution >= 0.6 is 0 Å². The van der Waals surface area contributed by atoms with Crippen LogP contribution in [0, 0.1) is 0 Å². The summed E-state index contributed by atoms with van der Waals surface area (Å²) in [6.07, 6.45) is 6.66. The molecule has 3 rings (SSSR count). The molecular formula is C16H18N4O. The number of nitrogens with zero attached hydrogens (tertiary/aromatic N) is 3. The van der Waals surface area contributed by atoms with Crippen molar-refractivity contribution in [1.82, 2.24) is 20.2 Å². The SMILES string of the molecule is O=C(NCCc1cnccn1)N1CCc2ccccc2C1. The van der Waals surface area contributed by atoms with E-state index in [-0.39, 0.29) is 6.03 Å². The zero-order chi connectivity index (χ0) is 14.5. The number of amides is 2. The first kappa shape index (κ1) is 13.5. The summed E-state index contributed by atoms with van der Waals surface area (Å²) in [5, 5.41) is 2.95. The molecule has 0 fully saturated rings. The number of aromatic nitrogens is 2. The molecule has 5 nitrogen and oxygen atoms in total. The number of rotatable bonds is 3. The van der Waals surface area contributed by atoms with E-state index in [1.54, 1.807) is 18.6 Å². The maximum absolute atomic E-state index is 12.2. The topological polar surface area (TPSA) is 58.1 Å². The molecule has 0 atom stereocenters. The van der Waals surface area contributed by atoms with Gasteiger partial charge in [-0.2, -0.15) is 0 Å². The van der Waals surface area contributed by atoms with Gasteiger partial charge >= 0.3 is 6.03 Å². The number of nitrogens with one attached hydrogen (secondary N) is 1. The lowest BCUT2D eigenvalue weighted by molar-refractivity contribution is 0.192. The van der Waals surface area contributed by atoms with Crippen LogP contribution in [-0.4, -0.2) is 34.0 Å². The van der Waals surface area contributed by atoms with Crippen LogP contribution < -0.4 is 5.32 Å². The van der Waals surface area contributed by atoms with Crippen LogP contribution in [0.15, 0.2) is 42.9 Å². The minimum Gasteiger partial charge on any atom is -0.338 e. The maximum atomic E-state index is 12.2. The Balaban J connectivity index is 1.50. The fraction of sp³-hybridized carbons (Fsp3) is 0.312. The van der Waals surface area contributed by atoms with Crippen LogP contribution in [-0.2, 0) is 19.4 Å². The van der Waals surface area contributed by atoms with Crippen LogP contribution in [0.5, 0.6) is 0 Å². The number of urea groups is 1. The van der Waals surface area contributed by atoms with Gasteiger partial charge in [0.1, 0.15) is 0 Å². The summed E-state index contributed by atoms with van der Waals surface area (Å²) in [4.78, 5) is 22.2. The lowest BCUT2D eigenvalue weighted by Gasteiger charge is -2.28. The number of carbonyl (C=O) groups excluding carboxylic acids is 1. The summed E-state index contributed by atoms with van der Waals surface area (Å²) < 4.78 is 0. The van der Waals surface area contributed by atoms with Crippen LogP contribution in [0.3, 0.4) is 0 Å². The first-order chi connectivity index (χ1) is 10.3. The molecule has 0 bridgehead atoms. The van der Waals surface area contributed by atoms with Crippen molar-refractivity contribution in [3.8, 4) is 0 Å². The normalized spacial score (nSPS) is 13.6. The highest BCUT2D eigenvalue weighted by Gasteiger charge is 2.19. The lowest BCUT2D eigenvalue weighted by Crippen LogP contribution is -2.43. The molecule has 0 unspecified atom stereocenters. The molecular weight excluding hydrogens is 264 g/mol. The van der Waals surface area contributed by atoms with E-state index in [4.69, 9.17) is 0 Å². The number of hydrogen-bond donors (Lipinski definition) is 1. The third-order valence-electron chi connectivity index (χ3n) is 3.69. The molecule has 108 valence electrons. The Labute approximate surface area is 124 Å². The van der Waals surface area contributed by atoms with Crippen LogP contribution in [0.1, 0.15) is 16.8 Å². The van der Waals surface area contributed by atoms with E-state index in [0.717, 1.165) is 18.7 Å². The van der Waals surface area contributed by atoms with Gasteiger partial charge in [-0.3, -0.25) is 9.97 Å². The molecule has 2 amide bonds. The summed E-state index contributed by atoms with van der Waals surface area (Å²) in [6.45, 7) is 2.04. The number of carbonyl (C=O) groups is 1. The Hall–Kier alpha value is -2.43. The van der Waals surface area contributed by atoms with Crippen LogP contribution in [0.4, 0.5) is 4.79 Å². The number of hydrogen-bond acceptors (Lipinski definition) is 3. The molecule has 1 aliphatic heterocycles. The minimum atomic E-state index is -0.00612. The van der Waals surface area contributed by atoms with E-state index in [1.165, 1.54) is 11.1 Å². The smallest absolute Gasteiger partial charge is 0.317 e. The van der Waals surface area contributed by atoms with Gasteiger partial charge in [0, 0.05) is 44.6 Å². The highest BCUT2D eigenvalue weighted by atomic mass is 16.2. The quantitative estimate of drug-likeness (QED) is 0.933.